The van der Waals surface area contributed by atoms with Crippen LogP contribution in [0.3, 0.4) is 0 Å². The van der Waals surface area contributed by atoms with Crippen molar-refractivity contribution in [2.75, 3.05) is 0 Å². The fourth-order valence-electron chi connectivity index (χ4n) is 0.891. The quantitative estimate of drug-likeness (QED) is 0.636. The highest BCUT2D eigenvalue weighted by Crippen LogP contribution is 2.25. The van der Waals surface area contributed by atoms with Crippen molar-refractivity contribution in [1.29, 1.82) is 0 Å². The van der Waals surface area contributed by atoms with Crippen molar-refractivity contribution in [3.05, 3.63) is 45.1 Å². The lowest BCUT2D eigenvalue weighted by molar-refractivity contribution is -0.132. The summed E-state index contributed by atoms with van der Waals surface area (Å²) in [5, 5.41) is 9.54. The highest BCUT2D eigenvalue weighted by atomic mass is 35.5. The molecule has 0 bridgehead atoms. The number of halogens is 2. The lowest BCUT2D eigenvalue weighted by Crippen LogP contribution is -1.93. The number of carboxylic acid groups (broad SMARTS) is 1. The van der Waals surface area contributed by atoms with E-state index < -0.39 is 5.97 Å². The summed E-state index contributed by atoms with van der Waals surface area (Å²) in [5.74, 6) is -1.02. The minimum absolute atomic E-state index is 0.103. The second kappa shape index (κ2) is 5.04. The first-order valence-electron chi connectivity index (χ1n) is 4.13. The molecular weight excluding hydrogens is 235 g/mol. The standard InChI is InChI=1S/C11H8Cl2O2/c1-7(11(14)15)5-6-8-9(12)3-2-4-10(8)13/h2-4,6H,1H3,(H,14,15). The summed E-state index contributed by atoms with van der Waals surface area (Å²) in [6.45, 7) is 1.45. The Hall–Kier alpha value is -1.21. The van der Waals surface area contributed by atoms with Crippen LogP contribution in [-0.4, -0.2) is 11.1 Å². The third-order valence-electron chi connectivity index (χ3n) is 1.75. The monoisotopic (exact) mass is 242 g/mol. The van der Waals surface area contributed by atoms with Crippen LogP contribution < -0.4 is 0 Å². The van der Waals surface area contributed by atoms with Crippen molar-refractivity contribution in [3.63, 3.8) is 0 Å². The van der Waals surface area contributed by atoms with E-state index in [1.165, 1.54) is 13.0 Å². The minimum Gasteiger partial charge on any atom is -0.477 e. The molecule has 0 aliphatic heterocycles. The van der Waals surface area contributed by atoms with Gasteiger partial charge < -0.3 is 5.11 Å². The van der Waals surface area contributed by atoms with Crippen LogP contribution in [0, 0.1) is 0 Å². The number of hydrogen-bond acceptors (Lipinski definition) is 1. The van der Waals surface area contributed by atoms with Gasteiger partial charge in [0, 0.05) is 15.6 Å². The largest absolute Gasteiger partial charge is 0.477 e. The molecule has 15 heavy (non-hydrogen) atoms. The fraction of sp³-hybridized carbons (Fsp3) is 0.0909. The molecule has 0 aliphatic rings. The molecule has 0 saturated carbocycles. The number of rotatable bonds is 2. The van der Waals surface area contributed by atoms with Crippen LogP contribution in [0.25, 0.3) is 6.08 Å². The summed E-state index contributed by atoms with van der Waals surface area (Å²) >= 11 is 11.8. The van der Waals surface area contributed by atoms with Gasteiger partial charge >= 0.3 is 5.97 Å². The molecule has 0 saturated heterocycles. The van der Waals surface area contributed by atoms with Gasteiger partial charge in [0.15, 0.2) is 0 Å². The van der Waals surface area contributed by atoms with Gasteiger partial charge in [0.2, 0.25) is 0 Å². The fourth-order valence-corrected chi connectivity index (χ4v) is 1.40. The Morgan fingerprint density at radius 2 is 1.93 bits per heavy atom. The molecule has 1 aromatic carbocycles. The molecular formula is C11H8Cl2O2. The van der Waals surface area contributed by atoms with Crippen LogP contribution >= 0.6 is 23.2 Å². The third-order valence-corrected chi connectivity index (χ3v) is 2.41. The van der Waals surface area contributed by atoms with E-state index in [2.05, 4.69) is 5.73 Å². The summed E-state index contributed by atoms with van der Waals surface area (Å²) in [5.41, 5.74) is 3.28. The highest BCUT2D eigenvalue weighted by molar-refractivity contribution is 6.37. The maximum atomic E-state index is 10.5. The lowest BCUT2D eigenvalue weighted by Gasteiger charge is -1.98. The second-order valence-corrected chi connectivity index (χ2v) is 3.67. The molecule has 4 heteroatoms. The molecule has 1 N–H and O–H groups in total. The Balaban J connectivity index is 3.20. The average Bonchev–Trinajstić information content (AvgIpc) is 2.16. The summed E-state index contributed by atoms with van der Waals surface area (Å²) in [6, 6.07) is 5.07. The van der Waals surface area contributed by atoms with Crippen molar-refractivity contribution < 1.29 is 9.90 Å². The molecule has 0 atom stereocenters. The van der Waals surface area contributed by atoms with Gasteiger partial charge in [0.05, 0.1) is 5.57 Å². The number of carboxylic acids is 1. The van der Waals surface area contributed by atoms with Crippen LogP contribution in [-0.2, 0) is 4.79 Å². The van der Waals surface area contributed by atoms with Gasteiger partial charge in [0.1, 0.15) is 0 Å². The van der Waals surface area contributed by atoms with E-state index in [4.69, 9.17) is 28.3 Å². The highest BCUT2D eigenvalue weighted by Gasteiger charge is 2.01. The van der Waals surface area contributed by atoms with Gasteiger partial charge in [-0.3, -0.25) is 0 Å². The van der Waals surface area contributed by atoms with Crippen molar-refractivity contribution in [2.45, 2.75) is 6.92 Å². The zero-order valence-corrected chi connectivity index (χ0v) is 9.43. The molecule has 0 aliphatic carbocycles. The Morgan fingerprint density at radius 3 is 2.40 bits per heavy atom. The van der Waals surface area contributed by atoms with Crippen molar-refractivity contribution in [2.24, 2.45) is 0 Å². The third kappa shape index (κ3) is 3.14. The van der Waals surface area contributed by atoms with E-state index in [1.54, 1.807) is 18.2 Å². The smallest absolute Gasteiger partial charge is 0.339 e. The second-order valence-electron chi connectivity index (χ2n) is 2.85. The van der Waals surface area contributed by atoms with E-state index in [1.807, 2.05) is 0 Å². The predicted molar refractivity (Wildman–Crippen MR) is 61.3 cm³/mol. The van der Waals surface area contributed by atoms with E-state index in [9.17, 15) is 4.79 Å². The zero-order valence-electron chi connectivity index (χ0n) is 7.92. The summed E-state index contributed by atoms with van der Waals surface area (Å²) < 4.78 is 0. The molecule has 0 heterocycles. The predicted octanol–water partition coefficient (Wildman–Crippen LogP) is 3.64. The van der Waals surface area contributed by atoms with E-state index in [0.717, 1.165) is 0 Å². The Bertz CT molecular complexity index is 437. The van der Waals surface area contributed by atoms with Gasteiger partial charge in [-0.1, -0.05) is 29.3 Å². The Labute approximate surface area is 97.4 Å². The van der Waals surface area contributed by atoms with Gasteiger partial charge in [-0.25, -0.2) is 4.79 Å². The van der Waals surface area contributed by atoms with Gasteiger partial charge in [-0.05, 0) is 25.1 Å². The normalized spacial score (nSPS) is 9.27. The Morgan fingerprint density at radius 1 is 1.40 bits per heavy atom. The zero-order chi connectivity index (χ0) is 11.4. The summed E-state index contributed by atoms with van der Waals surface area (Å²) in [6.07, 6.45) is 1.47. The van der Waals surface area contributed by atoms with E-state index in [-0.39, 0.29) is 5.57 Å². The Kier molecular flexibility index (Phi) is 3.98. The number of hydrogen-bond donors (Lipinski definition) is 1. The van der Waals surface area contributed by atoms with Gasteiger partial charge in [-0.15, -0.1) is 5.73 Å². The van der Waals surface area contributed by atoms with Crippen LogP contribution in [0.2, 0.25) is 10.0 Å². The van der Waals surface area contributed by atoms with Crippen LogP contribution in [0.1, 0.15) is 12.5 Å². The first-order valence-corrected chi connectivity index (χ1v) is 4.88. The van der Waals surface area contributed by atoms with Crippen molar-refractivity contribution in [1.82, 2.24) is 0 Å². The number of aliphatic carboxylic acids is 1. The number of carbonyl (C=O) groups is 1. The molecule has 0 fully saturated rings. The van der Waals surface area contributed by atoms with Crippen LogP contribution in [0.5, 0.6) is 0 Å². The average molecular weight is 243 g/mol. The molecule has 1 aromatic rings. The maximum absolute atomic E-state index is 10.5. The summed E-state index contributed by atoms with van der Waals surface area (Å²) in [4.78, 5) is 10.5. The molecule has 0 aromatic heterocycles. The molecule has 0 spiro atoms. The van der Waals surface area contributed by atoms with E-state index >= 15 is 0 Å². The molecule has 2 nitrogen and oxygen atoms in total. The van der Waals surface area contributed by atoms with Crippen molar-refractivity contribution in [3.8, 4) is 0 Å². The first-order chi connectivity index (χ1) is 7.02. The summed E-state index contributed by atoms with van der Waals surface area (Å²) in [7, 11) is 0. The van der Waals surface area contributed by atoms with Crippen LogP contribution in [0.15, 0.2) is 29.5 Å². The maximum Gasteiger partial charge on any atom is 0.339 e. The molecule has 0 unspecified atom stereocenters. The molecule has 78 valence electrons. The first kappa shape index (κ1) is 11.9. The molecule has 1 rings (SSSR count). The molecule has 0 amide bonds. The molecule has 0 radical (unpaired) electrons. The van der Waals surface area contributed by atoms with E-state index in [0.29, 0.717) is 15.6 Å². The SMILES string of the molecule is CC(=C=Cc1c(Cl)cccc1Cl)C(=O)O. The minimum atomic E-state index is -1.02. The number of benzene rings is 1. The van der Waals surface area contributed by atoms with Gasteiger partial charge in [-0.2, -0.15) is 0 Å². The van der Waals surface area contributed by atoms with Gasteiger partial charge in [0.25, 0.3) is 0 Å². The topological polar surface area (TPSA) is 37.3 Å². The van der Waals surface area contributed by atoms with Crippen LogP contribution in [0.4, 0.5) is 0 Å². The van der Waals surface area contributed by atoms with Crippen molar-refractivity contribution >= 4 is 35.2 Å². The lowest BCUT2D eigenvalue weighted by atomic mass is 10.2.